The minimum atomic E-state index is 0. The molecular formula is C16H25ClN2O. The molecular weight excluding hydrogens is 272 g/mol. The van der Waals surface area contributed by atoms with E-state index < -0.39 is 0 Å². The van der Waals surface area contributed by atoms with Crippen molar-refractivity contribution in [3.8, 4) is 0 Å². The molecule has 1 unspecified atom stereocenters. The van der Waals surface area contributed by atoms with E-state index in [1.54, 1.807) is 0 Å². The minimum Gasteiger partial charge on any atom is -0.356 e. The first-order valence-electron chi connectivity index (χ1n) is 7.36. The van der Waals surface area contributed by atoms with Gasteiger partial charge in [0.05, 0.1) is 0 Å². The third-order valence-corrected chi connectivity index (χ3v) is 3.75. The molecule has 1 amide bonds. The summed E-state index contributed by atoms with van der Waals surface area (Å²) in [5.41, 5.74) is 1.31. The van der Waals surface area contributed by atoms with Crippen LogP contribution in [0.2, 0.25) is 0 Å². The lowest BCUT2D eigenvalue weighted by Crippen LogP contribution is -2.26. The Morgan fingerprint density at radius 1 is 1.30 bits per heavy atom. The topological polar surface area (TPSA) is 41.1 Å². The summed E-state index contributed by atoms with van der Waals surface area (Å²) in [5, 5.41) is 6.38. The number of benzene rings is 1. The SMILES string of the molecule is Cl.O=C(CCCc1ccccc1)NCCC1CCNC1. The van der Waals surface area contributed by atoms with Gasteiger partial charge in [0.15, 0.2) is 0 Å². The number of hydrogen-bond donors (Lipinski definition) is 2. The fourth-order valence-corrected chi connectivity index (χ4v) is 2.56. The van der Waals surface area contributed by atoms with Crippen LogP contribution in [0, 0.1) is 5.92 Å². The number of hydrogen-bond acceptors (Lipinski definition) is 2. The Morgan fingerprint density at radius 2 is 2.10 bits per heavy atom. The average Bonchev–Trinajstić information content (AvgIpc) is 2.93. The first kappa shape index (κ1) is 17.0. The van der Waals surface area contributed by atoms with Crippen molar-refractivity contribution in [1.29, 1.82) is 0 Å². The highest BCUT2D eigenvalue weighted by Crippen LogP contribution is 2.10. The van der Waals surface area contributed by atoms with Crippen LogP contribution in [0.5, 0.6) is 0 Å². The Hall–Kier alpha value is -1.06. The largest absolute Gasteiger partial charge is 0.356 e. The van der Waals surface area contributed by atoms with Crippen molar-refractivity contribution in [2.24, 2.45) is 5.92 Å². The lowest BCUT2D eigenvalue weighted by atomic mass is 10.1. The van der Waals surface area contributed by atoms with Crippen LogP contribution in [-0.4, -0.2) is 25.5 Å². The summed E-state index contributed by atoms with van der Waals surface area (Å²) >= 11 is 0. The maximum Gasteiger partial charge on any atom is 0.220 e. The van der Waals surface area contributed by atoms with Gasteiger partial charge in [0.1, 0.15) is 0 Å². The zero-order chi connectivity index (χ0) is 13.3. The smallest absolute Gasteiger partial charge is 0.220 e. The second kappa shape index (κ2) is 9.78. The van der Waals surface area contributed by atoms with Crippen molar-refractivity contribution >= 4 is 18.3 Å². The zero-order valence-electron chi connectivity index (χ0n) is 11.9. The van der Waals surface area contributed by atoms with E-state index in [0.717, 1.165) is 44.8 Å². The van der Waals surface area contributed by atoms with Crippen LogP contribution < -0.4 is 10.6 Å². The molecule has 0 aromatic heterocycles. The highest BCUT2D eigenvalue weighted by atomic mass is 35.5. The minimum absolute atomic E-state index is 0. The van der Waals surface area contributed by atoms with Crippen molar-refractivity contribution < 1.29 is 4.79 Å². The molecule has 0 bridgehead atoms. The summed E-state index contributed by atoms with van der Waals surface area (Å²) in [6.45, 7) is 3.08. The van der Waals surface area contributed by atoms with E-state index in [1.165, 1.54) is 12.0 Å². The van der Waals surface area contributed by atoms with Crippen LogP contribution in [0.3, 0.4) is 0 Å². The Labute approximate surface area is 127 Å². The molecule has 1 aliphatic rings. The number of amides is 1. The van der Waals surface area contributed by atoms with Gasteiger partial charge in [-0.1, -0.05) is 30.3 Å². The third-order valence-electron chi connectivity index (χ3n) is 3.75. The molecule has 1 aromatic rings. The molecule has 1 aromatic carbocycles. The van der Waals surface area contributed by atoms with E-state index in [1.807, 2.05) is 18.2 Å². The van der Waals surface area contributed by atoms with Gasteiger partial charge in [-0.25, -0.2) is 0 Å². The fraction of sp³-hybridized carbons (Fsp3) is 0.562. The van der Waals surface area contributed by atoms with Gasteiger partial charge in [-0.05, 0) is 50.3 Å². The molecule has 1 saturated heterocycles. The Bertz CT molecular complexity index is 377. The van der Waals surface area contributed by atoms with Crippen molar-refractivity contribution in [3.63, 3.8) is 0 Å². The van der Waals surface area contributed by atoms with Gasteiger partial charge < -0.3 is 10.6 Å². The lowest BCUT2D eigenvalue weighted by molar-refractivity contribution is -0.121. The van der Waals surface area contributed by atoms with Gasteiger partial charge in [0.25, 0.3) is 0 Å². The van der Waals surface area contributed by atoms with Gasteiger partial charge in [0.2, 0.25) is 5.91 Å². The summed E-state index contributed by atoms with van der Waals surface area (Å²) in [7, 11) is 0. The summed E-state index contributed by atoms with van der Waals surface area (Å²) < 4.78 is 0. The summed E-state index contributed by atoms with van der Waals surface area (Å²) in [5.74, 6) is 0.950. The van der Waals surface area contributed by atoms with Gasteiger partial charge in [-0.3, -0.25) is 4.79 Å². The van der Waals surface area contributed by atoms with E-state index in [0.29, 0.717) is 6.42 Å². The fourth-order valence-electron chi connectivity index (χ4n) is 2.56. The number of carbonyl (C=O) groups is 1. The molecule has 112 valence electrons. The van der Waals surface area contributed by atoms with Crippen LogP contribution in [-0.2, 0) is 11.2 Å². The predicted molar refractivity (Wildman–Crippen MR) is 85.2 cm³/mol. The third kappa shape index (κ3) is 6.40. The van der Waals surface area contributed by atoms with Crippen LogP contribution >= 0.6 is 12.4 Å². The summed E-state index contributed by atoms with van der Waals surface area (Å²) in [4.78, 5) is 11.7. The molecule has 2 N–H and O–H groups in total. The molecule has 1 atom stereocenters. The molecule has 0 aliphatic carbocycles. The maximum atomic E-state index is 11.7. The maximum absolute atomic E-state index is 11.7. The molecule has 1 aliphatic heterocycles. The number of carbonyl (C=O) groups excluding carboxylic acids is 1. The highest BCUT2D eigenvalue weighted by Gasteiger charge is 2.13. The average molecular weight is 297 g/mol. The van der Waals surface area contributed by atoms with Crippen LogP contribution in [0.25, 0.3) is 0 Å². The molecule has 0 saturated carbocycles. The Kier molecular flexibility index (Phi) is 8.31. The normalized spacial score (nSPS) is 17.5. The quantitative estimate of drug-likeness (QED) is 0.812. The number of rotatable bonds is 7. The van der Waals surface area contributed by atoms with E-state index >= 15 is 0 Å². The molecule has 2 rings (SSSR count). The van der Waals surface area contributed by atoms with Crippen LogP contribution in [0.15, 0.2) is 30.3 Å². The first-order valence-corrected chi connectivity index (χ1v) is 7.36. The highest BCUT2D eigenvalue weighted by molar-refractivity contribution is 5.85. The standard InChI is InChI=1S/C16H24N2O.ClH/c19-16(18-12-10-15-9-11-17-13-15)8-4-7-14-5-2-1-3-6-14;/h1-3,5-6,15,17H,4,7-13H2,(H,18,19);1H. The lowest BCUT2D eigenvalue weighted by Gasteiger charge is -2.09. The predicted octanol–water partition coefficient (Wildman–Crippen LogP) is 2.55. The number of aryl methyl sites for hydroxylation is 1. The molecule has 1 fully saturated rings. The van der Waals surface area contributed by atoms with Crippen LogP contribution in [0.1, 0.15) is 31.2 Å². The van der Waals surface area contributed by atoms with E-state index in [2.05, 4.69) is 22.8 Å². The second-order valence-electron chi connectivity index (χ2n) is 5.34. The summed E-state index contributed by atoms with van der Waals surface area (Å²) in [6.07, 6.45) is 4.92. The molecule has 4 heteroatoms. The van der Waals surface area contributed by atoms with Crippen molar-refractivity contribution in [2.75, 3.05) is 19.6 Å². The van der Waals surface area contributed by atoms with Gasteiger partial charge in [-0.2, -0.15) is 0 Å². The molecule has 0 radical (unpaired) electrons. The molecule has 0 spiro atoms. The van der Waals surface area contributed by atoms with E-state index in [9.17, 15) is 4.79 Å². The molecule has 3 nitrogen and oxygen atoms in total. The van der Waals surface area contributed by atoms with Gasteiger partial charge in [-0.15, -0.1) is 12.4 Å². The van der Waals surface area contributed by atoms with Gasteiger partial charge in [0, 0.05) is 13.0 Å². The van der Waals surface area contributed by atoms with Crippen LogP contribution in [0.4, 0.5) is 0 Å². The van der Waals surface area contributed by atoms with E-state index in [-0.39, 0.29) is 18.3 Å². The Balaban J connectivity index is 0.00000200. The second-order valence-corrected chi connectivity index (χ2v) is 5.34. The first-order chi connectivity index (χ1) is 9.34. The number of nitrogens with one attached hydrogen (secondary N) is 2. The monoisotopic (exact) mass is 296 g/mol. The summed E-state index contributed by atoms with van der Waals surface area (Å²) in [6, 6.07) is 10.3. The van der Waals surface area contributed by atoms with Crippen molar-refractivity contribution in [2.45, 2.75) is 32.1 Å². The van der Waals surface area contributed by atoms with Crippen molar-refractivity contribution in [1.82, 2.24) is 10.6 Å². The Morgan fingerprint density at radius 3 is 2.80 bits per heavy atom. The van der Waals surface area contributed by atoms with Gasteiger partial charge >= 0.3 is 0 Å². The number of halogens is 1. The van der Waals surface area contributed by atoms with Crippen molar-refractivity contribution in [3.05, 3.63) is 35.9 Å². The molecule has 1 heterocycles. The zero-order valence-corrected chi connectivity index (χ0v) is 12.8. The molecule has 20 heavy (non-hydrogen) atoms. The van der Waals surface area contributed by atoms with E-state index in [4.69, 9.17) is 0 Å².